The molecule has 19 heavy (non-hydrogen) atoms. The van der Waals surface area contributed by atoms with Gasteiger partial charge in [0.1, 0.15) is 5.82 Å². The molecule has 1 N–H and O–H groups in total. The van der Waals surface area contributed by atoms with Gasteiger partial charge in [0, 0.05) is 29.4 Å². The third-order valence-electron chi connectivity index (χ3n) is 2.78. The van der Waals surface area contributed by atoms with Crippen LogP contribution in [0, 0.1) is 22.2 Å². The molecule has 0 unspecified atom stereocenters. The van der Waals surface area contributed by atoms with Crippen LogP contribution in [0.2, 0.25) is 0 Å². The Balaban J connectivity index is 2.76. The van der Waals surface area contributed by atoms with E-state index in [0.717, 1.165) is 6.07 Å². The minimum atomic E-state index is -1.22. The molecule has 0 aliphatic heterocycles. The van der Waals surface area contributed by atoms with E-state index in [1.807, 2.05) is 20.8 Å². The van der Waals surface area contributed by atoms with Crippen molar-refractivity contribution in [3.05, 3.63) is 46.2 Å². The molecule has 6 heteroatoms. The first-order chi connectivity index (χ1) is 8.71. The van der Waals surface area contributed by atoms with E-state index in [1.54, 1.807) is 6.20 Å². The smallest absolute Gasteiger partial charge is 0.182 e. The average molecular weight is 286 g/mol. The summed E-state index contributed by atoms with van der Waals surface area (Å²) in [4.78, 5) is 2.80. The minimum Gasteiger partial charge on any atom is -0.337 e. The molecular formula is C13H13F3N2S. The maximum Gasteiger partial charge on any atom is 0.182 e. The molecule has 0 saturated carbocycles. The Morgan fingerprint density at radius 2 is 1.63 bits per heavy atom. The molecule has 0 aliphatic carbocycles. The van der Waals surface area contributed by atoms with Crippen molar-refractivity contribution in [3.63, 3.8) is 0 Å². The van der Waals surface area contributed by atoms with Crippen molar-refractivity contribution in [2.24, 2.45) is 0 Å². The number of hydrogen-bond acceptors (Lipinski definition) is 1. The molecule has 2 nitrogen and oxygen atoms in total. The zero-order valence-electron chi connectivity index (χ0n) is 10.7. The molecule has 0 spiro atoms. The second-order valence-corrected chi connectivity index (χ2v) is 5.67. The van der Waals surface area contributed by atoms with Gasteiger partial charge >= 0.3 is 0 Å². The maximum atomic E-state index is 13.9. The lowest BCUT2D eigenvalue weighted by Gasteiger charge is -2.21. The second-order valence-electron chi connectivity index (χ2n) is 5.28. The van der Waals surface area contributed by atoms with Crippen LogP contribution in [-0.4, -0.2) is 9.55 Å². The van der Waals surface area contributed by atoms with Crippen molar-refractivity contribution in [2.45, 2.75) is 26.2 Å². The van der Waals surface area contributed by atoms with Gasteiger partial charge in [-0.2, -0.15) is 0 Å². The van der Waals surface area contributed by atoms with Gasteiger partial charge in [0.2, 0.25) is 0 Å². The monoisotopic (exact) mass is 286 g/mol. The third kappa shape index (κ3) is 2.45. The fourth-order valence-electron chi connectivity index (χ4n) is 1.84. The zero-order chi connectivity index (χ0) is 14.4. The summed E-state index contributed by atoms with van der Waals surface area (Å²) in [6.07, 6.45) is 1.64. The quantitative estimate of drug-likeness (QED) is 0.614. The first-order valence-corrected chi connectivity index (χ1v) is 6.08. The third-order valence-corrected chi connectivity index (χ3v) is 3.08. The van der Waals surface area contributed by atoms with Crippen LogP contribution in [-0.2, 0) is 5.41 Å². The van der Waals surface area contributed by atoms with Crippen molar-refractivity contribution in [3.8, 4) is 5.69 Å². The number of rotatable bonds is 1. The topological polar surface area (TPSA) is 20.7 Å². The van der Waals surface area contributed by atoms with Gasteiger partial charge in [-0.3, -0.25) is 4.57 Å². The predicted molar refractivity (Wildman–Crippen MR) is 69.5 cm³/mol. The van der Waals surface area contributed by atoms with Crippen LogP contribution in [0.4, 0.5) is 13.2 Å². The van der Waals surface area contributed by atoms with Gasteiger partial charge in [-0.15, -0.1) is 0 Å². The van der Waals surface area contributed by atoms with E-state index in [9.17, 15) is 13.2 Å². The summed E-state index contributed by atoms with van der Waals surface area (Å²) in [5, 5.41) is 0. The fraction of sp³-hybridized carbons (Fsp3) is 0.308. The van der Waals surface area contributed by atoms with Crippen LogP contribution in [0.5, 0.6) is 0 Å². The largest absolute Gasteiger partial charge is 0.337 e. The zero-order valence-corrected chi connectivity index (χ0v) is 11.5. The van der Waals surface area contributed by atoms with E-state index in [1.165, 1.54) is 4.57 Å². The fourth-order valence-corrected chi connectivity index (χ4v) is 2.10. The summed E-state index contributed by atoms with van der Waals surface area (Å²) in [6, 6.07) is 1.33. The van der Waals surface area contributed by atoms with Crippen molar-refractivity contribution in [1.29, 1.82) is 0 Å². The standard InChI is InChI=1S/C13H13F3N2S/c1-13(2,3)11-6-17-12(19)18(11)10-5-8(15)7(14)4-9(10)16/h4-6H,1-3H3,(H,17,19). The van der Waals surface area contributed by atoms with E-state index >= 15 is 0 Å². The highest BCUT2D eigenvalue weighted by Gasteiger charge is 2.22. The molecule has 1 aromatic carbocycles. The van der Waals surface area contributed by atoms with E-state index in [0.29, 0.717) is 11.8 Å². The Bertz CT molecular complexity index is 680. The van der Waals surface area contributed by atoms with Gasteiger partial charge < -0.3 is 4.98 Å². The lowest BCUT2D eigenvalue weighted by Crippen LogP contribution is -2.17. The number of benzene rings is 1. The molecule has 0 radical (unpaired) electrons. The molecule has 0 fully saturated rings. The number of nitrogens with one attached hydrogen (secondary N) is 1. The van der Waals surface area contributed by atoms with E-state index in [-0.39, 0.29) is 15.9 Å². The van der Waals surface area contributed by atoms with Crippen molar-refractivity contribution < 1.29 is 13.2 Å². The first-order valence-electron chi connectivity index (χ1n) is 5.67. The summed E-state index contributed by atoms with van der Waals surface area (Å²) in [6.45, 7) is 5.75. The Kier molecular flexibility index (Phi) is 3.30. The van der Waals surface area contributed by atoms with Crippen molar-refractivity contribution in [1.82, 2.24) is 9.55 Å². The molecule has 0 saturated heterocycles. The average Bonchev–Trinajstić information content (AvgIpc) is 2.65. The normalized spacial score (nSPS) is 11.9. The van der Waals surface area contributed by atoms with Crippen LogP contribution in [0.15, 0.2) is 18.3 Å². The second kappa shape index (κ2) is 4.52. The van der Waals surface area contributed by atoms with Gasteiger partial charge in [0.25, 0.3) is 0 Å². The molecule has 1 heterocycles. The number of halogens is 3. The molecule has 102 valence electrons. The molecule has 2 rings (SSSR count). The molecule has 0 amide bonds. The van der Waals surface area contributed by atoms with Crippen LogP contribution in [0.25, 0.3) is 5.69 Å². The van der Waals surface area contributed by atoms with E-state index in [4.69, 9.17) is 12.2 Å². The highest BCUT2D eigenvalue weighted by molar-refractivity contribution is 7.71. The molecule has 0 bridgehead atoms. The Labute approximate surface area is 113 Å². The summed E-state index contributed by atoms with van der Waals surface area (Å²) in [5.74, 6) is -3.19. The van der Waals surface area contributed by atoms with Gasteiger partial charge in [-0.1, -0.05) is 20.8 Å². The number of hydrogen-bond donors (Lipinski definition) is 1. The molecule has 0 aliphatic rings. The molecule has 2 aromatic rings. The Morgan fingerprint density at radius 3 is 2.21 bits per heavy atom. The lowest BCUT2D eigenvalue weighted by atomic mass is 9.92. The number of aromatic amines is 1. The summed E-state index contributed by atoms with van der Waals surface area (Å²) in [7, 11) is 0. The van der Waals surface area contributed by atoms with Gasteiger partial charge in [-0.05, 0) is 12.2 Å². The molecule has 1 aromatic heterocycles. The predicted octanol–water partition coefficient (Wildman–Crippen LogP) is 4.25. The maximum absolute atomic E-state index is 13.9. The molecule has 0 atom stereocenters. The Hall–Kier alpha value is -1.56. The van der Waals surface area contributed by atoms with Crippen LogP contribution < -0.4 is 0 Å². The number of imidazole rings is 1. The highest BCUT2D eigenvalue weighted by Crippen LogP contribution is 2.27. The van der Waals surface area contributed by atoms with Gasteiger partial charge in [-0.25, -0.2) is 13.2 Å². The highest BCUT2D eigenvalue weighted by atomic mass is 32.1. The van der Waals surface area contributed by atoms with E-state index < -0.39 is 17.5 Å². The minimum absolute atomic E-state index is 0.102. The van der Waals surface area contributed by atoms with Gasteiger partial charge in [0.05, 0.1) is 5.69 Å². The lowest BCUT2D eigenvalue weighted by molar-refractivity contribution is 0.489. The van der Waals surface area contributed by atoms with Crippen molar-refractivity contribution in [2.75, 3.05) is 0 Å². The van der Waals surface area contributed by atoms with Crippen LogP contribution in [0.3, 0.4) is 0 Å². The number of nitrogens with zero attached hydrogens (tertiary/aromatic N) is 1. The van der Waals surface area contributed by atoms with Crippen molar-refractivity contribution >= 4 is 12.2 Å². The SMILES string of the molecule is CC(C)(C)c1c[nH]c(=S)n1-c1cc(F)c(F)cc1F. The number of H-pyrrole nitrogens is 1. The summed E-state index contributed by atoms with van der Waals surface area (Å²) >= 11 is 5.08. The summed E-state index contributed by atoms with van der Waals surface area (Å²) < 4.78 is 41.8. The van der Waals surface area contributed by atoms with Gasteiger partial charge in [0.15, 0.2) is 16.4 Å². The first kappa shape index (κ1) is 13.9. The van der Waals surface area contributed by atoms with E-state index in [2.05, 4.69) is 4.98 Å². The van der Waals surface area contributed by atoms with Crippen LogP contribution >= 0.6 is 12.2 Å². The molecular weight excluding hydrogens is 273 g/mol. The summed E-state index contributed by atoms with van der Waals surface area (Å²) in [5.41, 5.74) is 0.252. The number of aromatic nitrogens is 2. The Morgan fingerprint density at radius 1 is 1.05 bits per heavy atom. The van der Waals surface area contributed by atoms with Crippen LogP contribution in [0.1, 0.15) is 26.5 Å².